The third kappa shape index (κ3) is 15.3. The lowest BCUT2D eigenvalue weighted by Crippen LogP contribution is -2.32. The van der Waals surface area contributed by atoms with Crippen molar-refractivity contribution in [2.24, 2.45) is 20.5 Å². The Bertz CT molecular complexity index is 2800. The zero-order chi connectivity index (χ0) is 51.6. The Labute approximate surface area is 435 Å². The number of carbonyl (C=O) groups excluding carboxylic acids is 6. The van der Waals surface area contributed by atoms with Crippen LogP contribution in [0.5, 0.6) is 11.5 Å². The minimum absolute atomic E-state index is 0.0144. The number of carbonyl (C=O) groups is 6. The molecule has 0 radical (unpaired) electrons. The van der Waals surface area contributed by atoms with Gasteiger partial charge in [0.05, 0.1) is 34.6 Å². The van der Waals surface area contributed by atoms with Gasteiger partial charge in [-0.15, -0.1) is 34.8 Å². The van der Waals surface area contributed by atoms with Gasteiger partial charge in [-0.25, -0.2) is 0 Å². The van der Waals surface area contributed by atoms with E-state index < -0.39 is 47.3 Å². The number of hydrogen-bond donors (Lipinski definition) is 4. The average Bonchev–Trinajstić information content (AvgIpc) is 3.33. The molecule has 5 aromatic carbocycles. The molecule has 71 heavy (non-hydrogen) atoms. The molecular weight excluding hydrogens is 1020 g/mol. The second kappa shape index (κ2) is 27.2. The zero-order valence-electron chi connectivity index (χ0n) is 38.9. The SMILES string of the molecule is CCOc1cccc(CCCl)c1NC(=O)c1ccc(Cl)c(N=NC(C(C)=O)C(=O)Nc2ccc(NC(=O)C(N=Nc3cc(C(=O)Nc4c(CCCl)cccc4OCC)ccc3Cl)C(C)=O)c(CCCl)c2)c1. The molecule has 0 saturated heterocycles. The molecule has 2 unspecified atom stereocenters. The van der Waals surface area contributed by atoms with Gasteiger partial charge in [-0.3, -0.25) is 28.8 Å². The molecule has 0 aliphatic rings. The first-order valence-corrected chi connectivity index (χ1v) is 24.4. The number of anilines is 4. The smallest absolute Gasteiger partial charge is 0.258 e. The van der Waals surface area contributed by atoms with E-state index >= 15 is 0 Å². The lowest BCUT2D eigenvalue weighted by molar-refractivity contribution is -0.127. The highest BCUT2D eigenvalue weighted by Crippen LogP contribution is 2.34. The number of aryl methyl sites for hydroxylation is 3. The first kappa shape index (κ1) is 55.5. The van der Waals surface area contributed by atoms with Crippen LogP contribution in [-0.4, -0.2) is 78.1 Å². The number of rotatable bonds is 24. The fourth-order valence-electron chi connectivity index (χ4n) is 6.83. The van der Waals surface area contributed by atoms with Crippen molar-refractivity contribution >= 4 is 127 Å². The molecule has 0 fully saturated rings. The van der Waals surface area contributed by atoms with E-state index in [1.165, 1.54) is 54.6 Å². The standard InChI is InChI=1S/C50H49Cl5N8O8/c1-5-70-41-11-7-9-30(19-22-51)45(41)58-47(66)33-13-16-36(54)39(26-33)60-62-43(28(3)64)49(68)56-35-15-18-38(32(25-35)21-24-53)57-50(69)44(29(4)65)63-61-40-27-34(14-17-37(40)55)48(67)59-46-31(20-23-52)10-8-12-42(46)71-6-2/h7-18,25-27,43-44H,5-6,19-24H2,1-4H3,(H,56,68)(H,57,69)(H,58,66)(H,59,67). The monoisotopic (exact) mass is 1060 g/mol. The van der Waals surface area contributed by atoms with E-state index in [4.69, 9.17) is 67.5 Å². The maximum absolute atomic E-state index is 13.6. The van der Waals surface area contributed by atoms with Crippen LogP contribution in [-0.2, 0) is 38.4 Å². The van der Waals surface area contributed by atoms with Gasteiger partial charge in [0, 0.05) is 40.1 Å². The van der Waals surface area contributed by atoms with E-state index in [1.807, 2.05) is 26.0 Å². The second-order valence-electron chi connectivity index (χ2n) is 15.3. The first-order valence-electron chi connectivity index (χ1n) is 22.1. The number of halogens is 5. The van der Waals surface area contributed by atoms with Gasteiger partial charge < -0.3 is 30.7 Å². The number of nitrogens with zero attached hydrogens (tertiary/aromatic N) is 4. The summed E-state index contributed by atoms with van der Waals surface area (Å²) in [5, 5.41) is 27.5. The van der Waals surface area contributed by atoms with Crippen molar-refractivity contribution in [3.63, 3.8) is 0 Å². The molecule has 4 amide bonds. The fraction of sp³-hybridized carbons (Fsp3) is 0.280. The van der Waals surface area contributed by atoms with Gasteiger partial charge in [0.25, 0.3) is 23.6 Å². The number of azo groups is 2. The quantitative estimate of drug-likeness (QED) is 0.0264. The third-order valence-corrected chi connectivity index (χ3v) is 11.5. The summed E-state index contributed by atoms with van der Waals surface area (Å²) < 4.78 is 11.5. The van der Waals surface area contributed by atoms with Crippen LogP contribution in [0.4, 0.5) is 34.1 Å². The van der Waals surface area contributed by atoms with Crippen LogP contribution in [0.1, 0.15) is 65.1 Å². The second-order valence-corrected chi connectivity index (χ2v) is 17.3. The van der Waals surface area contributed by atoms with E-state index in [0.29, 0.717) is 66.3 Å². The number of nitrogens with one attached hydrogen (secondary N) is 4. The highest BCUT2D eigenvalue weighted by atomic mass is 35.5. The summed E-state index contributed by atoms with van der Waals surface area (Å²) in [6.45, 7) is 6.70. The summed E-state index contributed by atoms with van der Waals surface area (Å²) in [7, 11) is 0. The Morgan fingerprint density at radius 3 is 1.39 bits per heavy atom. The van der Waals surface area contributed by atoms with Crippen molar-refractivity contribution in [2.75, 3.05) is 52.1 Å². The zero-order valence-corrected chi connectivity index (χ0v) is 42.7. The van der Waals surface area contributed by atoms with Gasteiger partial charge in [0.1, 0.15) is 22.9 Å². The molecule has 0 aliphatic heterocycles. The summed E-state index contributed by atoms with van der Waals surface area (Å²) in [5.74, 6) is -2.36. The van der Waals surface area contributed by atoms with Crippen LogP contribution in [0.3, 0.4) is 0 Å². The molecule has 0 saturated carbocycles. The molecule has 372 valence electrons. The molecule has 5 aromatic rings. The highest BCUT2D eigenvalue weighted by Gasteiger charge is 2.27. The highest BCUT2D eigenvalue weighted by molar-refractivity contribution is 6.33. The summed E-state index contributed by atoms with van der Waals surface area (Å²) in [6, 6.07) is 20.5. The number of amides is 4. The number of benzene rings is 5. The summed E-state index contributed by atoms with van der Waals surface area (Å²) in [4.78, 5) is 79.6. The predicted octanol–water partition coefficient (Wildman–Crippen LogP) is 12.0. The normalized spacial score (nSPS) is 12.0. The van der Waals surface area contributed by atoms with Gasteiger partial charge in [0.15, 0.2) is 11.6 Å². The van der Waals surface area contributed by atoms with E-state index in [2.05, 4.69) is 41.7 Å². The van der Waals surface area contributed by atoms with E-state index in [0.717, 1.165) is 25.0 Å². The largest absolute Gasteiger partial charge is 0.492 e. The van der Waals surface area contributed by atoms with Gasteiger partial charge >= 0.3 is 0 Å². The maximum Gasteiger partial charge on any atom is 0.258 e. The molecule has 16 nitrogen and oxygen atoms in total. The van der Waals surface area contributed by atoms with E-state index in [1.54, 1.807) is 24.3 Å². The van der Waals surface area contributed by atoms with Crippen molar-refractivity contribution in [1.82, 2.24) is 0 Å². The molecule has 4 N–H and O–H groups in total. The number of ketones is 2. The van der Waals surface area contributed by atoms with Crippen molar-refractivity contribution < 1.29 is 38.2 Å². The minimum Gasteiger partial charge on any atom is -0.492 e. The van der Waals surface area contributed by atoms with Crippen molar-refractivity contribution in [3.8, 4) is 11.5 Å². The lowest BCUT2D eigenvalue weighted by atomic mass is 10.1. The Balaban J connectivity index is 1.30. The number of alkyl halides is 3. The van der Waals surface area contributed by atoms with Gasteiger partial charge in [-0.05, 0) is 130 Å². The molecule has 5 rings (SSSR count). The van der Waals surface area contributed by atoms with Crippen LogP contribution >= 0.6 is 58.0 Å². The molecule has 0 heterocycles. The van der Waals surface area contributed by atoms with Crippen LogP contribution in [0.25, 0.3) is 0 Å². The number of ether oxygens (including phenoxy) is 2. The van der Waals surface area contributed by atoms with Crippen LogP contribution < -0.4 is 30.7 Å². The van der Waals surface area contributed by atoms with Gasteiger partial charge in [0.2, 0.25) is 12.1 Å². The molecule has 21 heteroatoms. The lowest BCUT2D eigenvalue weighted by Gasteiger charge is -2.16. The maximum atomic E-state index is 13.6. The number of para-hydroxylation sites is 2. The van der Waals surface area contributed by atoms with Crippen LogP contribution in [0.2, 0.25) is 10.0 Å². The fourth-order valence-corrected chi connectivity index (χ4v) is 7.75. The Morgan fingerprint density at radius 1 is 0.535 bits per heavy atom. The molecule has 0 aliphatic carbocycles. The molecule has 0 spiro atoms. The van der Waals surface area contributed by atoms with Crippen molar-refractivity contribution in [2.45, 2.75) is 59.0 Å². The molecule has 2 atom stereocenters. The van der Waals surface area contributed by atoms with E-state index in [-0.39, 0.29) is 56.2 Å². The molecule has 0 aromatic heterocycles. The van der Waals surface area contributed by atoms with Crippen molar-refractivity contribution in [3.05, 3.63) is 129 Å². The topological polar surface area (TPSA) is 218 Å². The van der Waals surface area contributed by atoms with Crippen molar-refractivity contribution in [1.29, 1.82) is 0 Å². The van der Waals surface area contributed by atoms with Gasteiger partial charge in [-0.1, -0.05) is 47.5 Å². The molecular formula is C50H49Cl5N8O8. The summed E-state index contributed by atoms with van der Waals surface area (Å²) in [5.41, 5.74) is 3.71. The summed E-state index contributed by atoms with van der Waals surface area (Å²) >= 11 is 31.0. The van der Waals surface area contributed by atoms with Crippen LogP contribution in [0.15, 0.2) is 111 Å². The third-order valence-electron chi connectivity index (χ3n) is 10.3. The number of Topliss-reactive ketones (excluding diaryl/α,β-unsaturated/α-hetero) is 2. The van der Waals surface area contributed by atoms with E-state index in [9.17, 15) is 28.8 Å². The number of hydrogen-bond acceptors (Lipinski definition) is 12. The summed E-state index contributed by atoms with van der Waals surface area (Å²) in [6.07, 6.45) is 1.14. The Morgan fingerprint density at radius 2 is 0.972 bits per heavy atom. The Hall–Kier alpha value is -6.43. The van der Waals surface area contributed by atoms with Gasteiger partial charge in [-0.2, -0.15) is 20.5 Å². The minimum atomic E-state index is -1.64. The Kier molecular flexibility index (Phi) is 21.3. The average molecular weight is 1070 g/mol. The van der Waals surface area contributed by atoms with Crippen LogP contribution in [0, 0.1) is 0 Å². The first-order chi connectivity index (χ1) is 34.1. The molecule has 0 bridgehead atoms. The predicted molar refractivity (Wildman–Crippen MR) is 279 cm³/mol.